The lowest BCUT2D eigenvalue weighted by atomic mass is 9.96. The van der Waals surface area contributed by atoms with Gasteiger partial charge in [0.15, 0.2) is 0 Å². The third kappa shape index (κ3) is 3.12. The van der Waals surface area contributed by atoms with E-state index in [1.165, 1.54) is 0 Å². The Kier molecular flexibility index (Phi) is 4.44. The van der Waals surface area contributed by atoms with E-state index in [0.29, 0.717) is 12.2 Å². The molecule has 0 bridgehead atoms. The highest BCUT2D eigenvalue weighted by molar-refractivity contribution is 6.00. The van der Waals surface area contributed by atoms with Crippen molar-refractivity contribution in [2.24, 2.45) is 0 Å². The number of aryl methyl sites for hydroxylation is 1. The van der Waals surface area contributed by atoms with Crippen molar-refractivity contribution in [3.8, 4) is 11.3 Å². The Hall–Kier alpha value is -3.67. The van der Waals surface area contributed by atoms with Crippen LogP contribution in [0.2, 0.25) is 0 Å². The molecule has 0 saturated heterocycles. The van der Waals surface area contributed by atoms with Crippen molar-refractivity contribution in [1.82, 2.24) is 24.6 Å². The molecule has 0 saturated carbocycles. The minimum Gasteiger partial charge on any atom is -0.337 e. The Bertz CT molecular complexity index is 1100. The lowest BCUT2D eigenvalue weighted by molar-refractivity contribution is 0.0739. The Morgan fingerprint density at radius 3 is 2.45 bits per heavy atom. The van der Waals surface area contributed by atoms with Crippen LogP contribution in [-0.2, 0) is 6.54 Å². The van der Waals surface area contributed by atoms with Crippen LogP contribution < -0.4 is 0 Å². The van der Waals surface area contributed by atoms with Gasteiger partial charge in [0.05, 0.1) is 18.1 Å². The summed E-state index contributed by atoms with van der Waals surface area (Å²) in [5.74, 6) is 0.00849. The molecule has 1 aliphatic rings. The Morgan fingerprint density at radius 2 is 1.72 bits per heavy atom. The summed E-state index contributed by atoms with van der Waals surface area (Å²) in [5.41, 5.74) is 4.52. The molecule has 0 spiro atoms. The number of benzene rings is 2. The number of imidazole rings is 1. The number of H-pyrrole nitrogens is 1. The average molecular weight is 383 g/mol. The van der Waals surface area contributed by atoms with Crippen molar-refractivity contribution in [2.75, 3.05) is 6.54 Å². The summed E-state index contributed by atoms with van der Waals surface area (Å²) < 4.78 is 2.04. The molecule has 0 fully saturated rings. The van der Waals surface area contributed by atoms with E-state index >= 15 is 0 Å². The molecule has 0 aliphatic carbocycles. The monoisotopic (exact) mass is 383 g/mol. The summed E-state index contributed by atoms with van der Waals surface area (Å²) in [6, 6.07) is 20.1. The molecule has 2 aromatic carbocycles. The topological polar surface area (TPSA) is 66.8 Å². The lowest BCUT2D eigenvalue weighted by Crippen LogP contribution is -2.31. The zero-order valence-electron chi connectivity index (χ0n) is 15.9. The molecule has 4 aromatic rings. The fourth-order valence-corrected chi connectivity index (χ4v) is 4.07. The van der Waals surface area contributed by atoms with Crippen molar-refractivity contribution < 1.29 is 4.79 Å². The summed E-state index contributed by atoms with van der Waals surface area (Å²) in [5, 5.41) is 7.52. The highest BCUT2D eigenvalue weighted by Crippen LogP contribution is 2.42. The van der Waals surface area contributed by atoms with Gasteiger partial charge >= 0.3 is 0 Å². The third-order valence-electron chi connectivity index (χ3n) is 5.40. The maximum Gasteiger partial charge on any atom is 0.273 e. The maximum absolute atomic E-state index is 13.3. The van der Waals surface area contributed by atoms with Crippen LogP contribution in [0, 0.1) is 0 Å². The van der Waals surface area contributed by atoms with E-state index in [1.807, 2.05) is 64.2 Å². The number of carbonyl (C=O) groups is 1. The van der Waals surface area contributed by atoms with E-state index in [0.717, 1.165) is 35.3 Å². The zero-order chi connectivity index (χ0) is 19.6. The molecular formula is C23H21N5O. The second kappa shape index (κ2) is 7.39. The quantitative estimate of drug-likeness (QED) is 0.549. The van der Waals surface area contributed by atoms with E-state index < -0.39 is 0 Å². The SMILES string of the molecule is O=C1c2[nH]nc(-c3ccccc3)c2C(c2ccccc2)N1CCCn1ccnc1. The Morgan fingerprint density at radius 1 is 0.966 bits per heavy atom. The first-order chi connectivity index (χ1) is 14.3. The summed E-state index contributed by atoms with van der Waals surface area (Å²) in [4.78, 5) is 19.3. The minimum atomic E-state index is -0.143. The number of nitrogens with one attached hydrogen (secondary N) is 1. The summed E-state index contributed by atoms with van der Waals surface area (Å²) in [7, 11) is 0. The van der Waals surface area contributed by atoms with Crippen molar-refractivity contribution in [3.63, 3.8) is 0 Å². The van der Waals surface area contributed by atoms with Crippen LogP contribution in [0.25, 0.3) is 11.3 Å². The molecule has 6 heteroatoms. The number of aromatic nitrogens is 4. The summed E-state index contributed by atoms with van der Waals surface area (Å²) in [6.07, 6.45) is 6.38. The predicted molar refractivity (Wildman–Crippen MR) is 110 cm³/mol. The summed E-state index contributed by atoms with van der Waals surface area (Å²) >= 11 is 0. The van der Waals surface area contributed by atoms with Gasteiger partial charge in [0.2, 0.25) is 0 Å². The van der Waals surface area contributed by atoms with Crippen LogP contribution in [0.4, 0.5) is 0 Å². The highest BCUT2D eigenvalue weighted by Gasteiger charge is 2.41. The molecule has 29 heavy (non-hydrogen) atoms. The van der Waals surface area contributed by atoms with Crippen LogP contribution in [0.1, 0.15) is 34.1 Å². The summed E-state index contributed by atoms with van der Waals surface area (Å²) in [6.45, 7) is 1.48. The fourth-order valence-electron chi connectivity index (χ4n) is 4.07. The highest BCUT2D eigenvalue weighted by atomic mass is 16.2. The van der Waals surface area contributed by atoms with Gasteiger partial charge in [-0.05, 0) is 12.0 Å². The van der Waals surface area contributed by atoms with Gasteiger partial charge in [-0.2, -0.15) is 5.10 Å². The molecule has 1 aliphatic heterocycles. The van der Waals surface area contributed by atoms with Gasteiger partial charge in [-0.3, -0.25) is 9.89 Å². The Labute approximate surface area is 168 Å². The average Bonchev–Trinajstić information content (AvgIpc) is 3.49. The number of aromatic amines is 1. The Balaban J connectivity index is 1.51. The second-order valence-electron chi connectivity index (χ2n) is 7.19. The molecule has 1 atom stereocenters. The van der Waals surface area contributed by atoms with E-state index in [4.69, 9.17) is 0 Å². The predicted octanol–water partition coefficient (Wildman–Crippen LogP) is 3.91. The third-order valence-corrected chi connectivity index (χ3v) is 5.40. The van der Waals surface area contributed by atoms with Crippen LogP contribution >= 0.6 is 0 Å². The van der Waals surface area contributed by atoms with Crippen LogP contribution in [0.5, 0.6) is 0 Å². The number of fused-ring (bicyclic) bond motifs is 1. The van der Waals surface area contributed by atoms with Gasteiger partial charge < -0.3 is 9.47 Å². The van der Waals surface area contributed by atoms with Crippen molar-refractivity contribution in [1.29, 1.82) is 0 Å². The van der Waals surface area contributed by atoms with Crippen LogP contribution in [0.15, 0.2) is 79.4 Å². The fraction of sp³-hybridized carbons (Fsp3) is 0.174. The number of carbonyl (C=O) groups excluding carboxylic acids is 1. The van der Waals surface area contributed by atoms with E-state index in [9.17, 15) is 4.79 Å². The van der Waals surface area contributed by atoms with Gasteiger partial charge in [-0.1, -0.05) is 60.7 Å². The van der Waals surface area contributed by atoms with E-state index in [-0.39, 0.29) is 11.9 Å². The molecule has 5 rings (SSSR count). The molecular weight excluding hydrogens is 362 g/mol. The normalized spacial score (nSPS) is 15.7. The van der Waals surface area contributed by atoms with Gasteiger partial charge in [-0.25, -0.2) is 4.98 Å². The van der Waals surface area contributed by atoms with E-state index in [1.54, 1.807) is 12.5 Å². The first-order valence-electron chi connectivity index (χ1n) is 9.78. The van der Waals surface area contributed by atoms with Crippen molar-refractivity contribution in [3.05, 3.63) is 96.2 Å². The molecule has 1 unspecified atom stereocenters. The van der Waals surface area contributed by atoms with Crippen LogP contribution in [-0.4, -0.2) is 37.1 Å². The molecule has 1 amide bonds. The van der Waals surface area contributed by atoms with Crippen LogP contribution in [0.3, 0.4) is 0 Å². The minimum absolute atomic E-state index is 0.00849. The molecule has 3 heterocycles. The number of rotatable bonds is 6. The van der Waals surface area contributed by atoms with E-state index in [2.05, 4.69) is 27.3 Å². The number of nitrogens with zero attached hydrogens (tertiary/aromatic N) is 4. The number of amides is 1. The molecule has 1 N–H and O–H groups in total. The molecule has 144 valence electrons. The smallest absolute Gasteiger partial charge is 0.273 e. The molecule has 2 aromatic heterocycles. The van der Waals surface area contributed by atoms with Crippen molar-refractivity contribution >= 4 is 5.91 Å². The lowest BCUT2D eigenvalue weighted by Gasteiger charge is -2.26. The van der Waals surface area contributed by atoms with Gasteiger partial charge in [0, 0.05) is 36.6 Å². The standard InChI is InChI=1S/C23H21N5O/c29-23-21-19(20(25-26-21)17-8-3-1-4-9-17)22(18-10-5-2-6-11-18)28(23)14-7-13-27-15-12-24-16-27/h1-6,8-12,15-16,22H,7,13-14H2,(H,25,26). The number of hydrogen-bond acceptors (Lipinski definition) is 3. The van der Waals surface area contributed by atoms with Gasteiger partial charge in [0.25, 0.3) is 5.91 Å². The van der Waals surface area contributed by atoms with Gasteiger partial charge in [-0.15, -0.1) is 0 Å². The maximum atomic E-state index is 13.3. The first-order valence-corrected chi connectivity index (χ1v) is 9.78. The number of hydrogen-bond donors (Lipinski definition) is 1. The second-order valence-corrected chi connectivity index (χ2v) is 7.19. The largest absolute Gasteiger partial charge is 0.337 e. The van der Waals surface area contributed by atoms with Gasteiger partial charge in [0.1, 0.15) is 5.69 Å². The zero-order valence-corrected chi connectivity index (χ0v) is 15.9. The molecule has 6 nitrogen and oxygen atoms in total. The first kappa shape index (κ1) is 17.4. The van der Waals surface area contributed by atoms with Crippen molar-refractivity contribution in [2.45, 2.75) is 19.0 Å². The molecule has 0 radical (unpaired) electrons.